The van der Waals surface area contributed by atoms with Crippen molar-refractivity contribution in [1.29, 1.82) is 0 Å². The van der Waals surface area contributed by atoms with Gasteiger partial charge in [-0.3, -0.25) is 0 Å². The molecule has 1 saturated carbocycles. The Morgan fingerprint density at radius 2 is 1.69 bits per heavy atom. The Morgan fingerprint density at radius 1 is 1.00 bits per heavy atom. The van der Waals surface area contributed by atoms with Crippen molar-refractivity contribution < 1.29 is 13.9 Å². The van der Waals surface area contributed by atoms with E-state index in [1.807, 2.05) is 14.2 Å². The van der Waals surface area contributed by atoms with Crippen molar-refractivity contribution in [3.05, 3.63) is 12.2 Å². The van der Waals surface area contributed by atoms with Gasteiger partial charge in [0, 0.05) is 25.5 Å². The molecule has 0 amide bonds. The normalized spacial score (nSPS) is 25.7. The zero-order valence-corrected chi connectivity index (χ0v) is 25.0. The maximum atomic E-state index is 7.02. The minimum Gasteiger partial charge on any atom is -0.414 e. The van der Waals surface area contributed by atoms with Crippen LogP contribution in [-0.2, 0) is 13.9 Å². The van der Waals surface area contributed by atoms with Crippen LogP contribution in [0.3, 0.4) is 0 Å². The molecule has 0 radical (unpaired) electrons. The Labute approximate surface area is 209 Å². The maximum Gasteiger partial charge on any atom is 0.192 e. The van der Waals surface area contributed by atoms with Gasteiger partial charge < -0.3 is 13.9 Å². The minimum atomic E-state index is -1.83. The molecule has 32 heavy (non-hydrogen) atoms. The highest BCUT2D eigenvalue weighted by molar-refractivity contribution is 9.09. The first kappa shape index (κ1) is 30.3. The van der Waals surface area contributed by atoms with Crippen LogP contribution in [0, 0.1) is 11.8 Å². The second kappa shape index (κ2) is 15.3. The van der Waals surface area contributed by atoms with Gasteiger partial charge in [-0.15, -0.1) is 0 Å². The molecular formula is C27H53BrO3Si. The lowest BCUT2D eigenvalue weighted by Crippen LogP contribution is -2.45. The van der Waals surface area contributed by atoms with Crippen LogP contribution in [0.5, 0.6) is 0 Å². The number of ether oxygens (including phenoxy) is 2. The number of halogens is 1. The van der Waals surface area contributed by atoms with Crippen LogP contribution in [0.4, 0.5) is 0 Å². The summed E-state index contributed by atoms with van der Waals surface area (Å²) in [5.74, 6) is 0.942. The fourth-order valence-corrected chi connectivity index (χ4v) is 6.42. The lowest BCUT2D eigenvalue weighted by Gasteiger charge is -2.40. The van der Waals surface area contributed by atoms with E-state index in [-0.39, 0.29) is 17.2 Å². The van der Waals surface area contributed by atoms with Gasteiger partial charge in [-0.1, -0.05) is 94.3 Å². The summed E-state index contributed by atoms with van der Waals surface area (Å²) in [7, 11) is 1.89. The molecule has 0 heterocycles. The van der Waals surface area contributed by atoms with Gasteiger partial charge in [0.05, 0.1) is 18.3 Å². The lowest BCUT2D eigenvalue weighted by molar-refractivity contribution is 0.0744. The van der Waals surface area contributed by atoms with Gasteiger partial charge in [0.1, 0.15) is 0 Å². The van der Waals surface area contributed by atoms with Crippen LogP contribution in [0.15, 0.2) is 12.2 Å². The van der Waals surface area contributed by atoms with Crippen molar-refractivity contribution >= 4 is 24.2 Å². The third kappa shape index (κ3) is 9.89. The summed E-state index contributed by atoms with van der Waals surface area (Å²) in [5.41, 5.74) is 0. The summed E-state index contributed by atoms with van der Waals surface area (Å²) < 4.78 is 18.8. The molecule has 1 rings (SSSR count). The summed E-state index contributed by atoms with van der Waals surface area (Å²) in [6.45, 7) is 14.1. The molecule has 0 aromatic heterocycles. The molecule has 5 heteroatoms. The zero-order valence-electron chi connectivity index (χ0n) is 22.4. The monoisotopic (exact) mass is 532 g/mol. The highest BCUT2D eigenvalue weighted by atomic mass is 79.9. The molecule has 5 atom stereocenters. The van der Waals surface area contributed by atoms with Gasteiger partial charge in [-0.05, 0) is 49.7 Å². The Balaban J connectivity index is 2.98. The third-order valence-corrected chi connectivity index (χ3v) is 12.8. The van der Waals surface area contributed by atoms with E-state index < -0.39 is 8.32 Å². The molecule has 1 aliphatic rings. The molecule has 0 unspecified atom stereocenters. The van der Waals surface area contributed by atoms with Crippen molar-refractivity contribution in [2.45, 2.75) is 128 Å². The van der Waals surface area contributed by atoms with Crippen LogP contribution in [-0.4, -0.2) is 46.2 Å². The van der Waals surface area contributed by atoms with Gasteiger partial charge in [0.25, 0.3) is 0 Å². The van der Waals surface area contributed by atoms with Gasteiger partial charge >= 0.3 is 0 Å². The molecule has 0 aromatic carbocycles. The van der Waals surface area contributed by atoms with Crippen molar-refractivity contribution in [3.8, 4) is 0 Å². The lowest BCUT2D eigenvalue weighted by atomic mass is 9.87. The summed E-state index contributed by atoms with van der Waals surface area (Å²) >= 11 is 3.57. The number of unbranched alkanes of at least 4 members (excludes halogenated alkanes) is 5. The Hall–Kier alpha value is 0.317. The van der Waals surface area contributed by atoms with Crippen molar-refractivity contribution in [1.82, 2.24) is 0 Å². The molecule has 0 aromatic rings. The van der Waals surface area contributed by atoms with E-state index in [1.54, 1.807) is 0 Å². The van der Waals surface area contributed by atoms with Gasteiger partial charge in [-0.25, -0.2) is 0 Å². The van der Waals surface area contributed by atoms with Crippen molar-refractivity contribution in [2.75, 3.05) is 19.5 Å². The van der Waals surface area contributed by atoms with E-state index >= 15 is 0 Å². The first-order valence-corrected chi connectivity index (χ1v) is 17.1. The van der Waals surface area contributed by atoms with Gasteiger partial charge in [0.2, 0.25) is 0 Å². The van der Waals surface area contributed by atoms with Crippen molar-refractivity contribution in [3.63, 3.8) is 0 Å². The largest absolute Gasteiger partial charge is 0.414 e. The predicted molar refractivity (Wildman–Crippen MR) is 145 cm³/mol. The number of alkyl halides is 1. The predicted octanol–water partition coefficient (Wildman–Crippen LogP) is 8.52. The summed E-state index contributed by atoms with van der Waals surface area (Å²) in [4.78, 5) is 0. The SMILES string of the molecule is CCCCC[C@@H](C=C[C@@H]1[C@@H](CCCCCCBr)[C@@H](O[Si](C)(C)C(C)(C)C)C[C@H]1OC)OC. The maximum absolute atomic E-state index is 7.02. The summed E-state index contributed by atoms with van der Waals surface area (Å²) in [6, 6.07) is 0. The second-order valence-corrected chi connectivity index (χ2v) is 16.8. The van der Waals surface area contributed by atoms with E-state index in [9.17, 15) is 0 Å². The average molecular weight is 534 g/mol. The highest BCUT2D eigenvalue weighted by Gasteiger charge is 2.47. The topological polar surface area (TPSA) is 27.7 Å². The molecule has 0 spiro atoms. The summed E-state index contributed by atoms with van der Waals surface area (Å²) in [5, 5.41) is 1.34. The number of hydrogen-bond donors (Lipinski definition) is 0. The number of methoxy groups -OCH3 is 2. The Bertz CT molecular complexity index is 518. The van der Waals surface area contributed by atoms with Crippen LogP contribution in [0.2, 0.25) is 18.1 Å². The van der Waals surface area contributed by atoms with E-state index in [0.29, 0.717) is 17.9 Å². The number of rotatable bonds is 16. The van der Waals surface area contributed by atoms with Gasteiger partial charge in [0.15, 0.2) is 8.32 Å². The van der Waals surface area contributed by atoms with Crippen LogP contribution in [0.25, 0.3) is 0 Å². The fourth-order valence-electron chi connectivity index (χ4n) is 4.64. The molecule has 1 aliphatic carbocycles. The zero-order chi connectivity index (χ0) is 24.2. The Kier molecular flexibility index (Phi) is 14.5. The van der Waals surface area contributed by atoms with Gasteiger partial charge in [-0.2, -0.15) is 0 Å². The number of hydrogen-bond acceptors (Lipinski definition) is 3. The molecular weight excluding hydrogens is 480 g/mol. The van der Waals surface area contributed by atoms with E-state index in [4.69, 9.17) is 13.9 Å². The second-order valence-electron chi connectivity index (χ2n) is 11.2. The molecule has 1 fully saturated rings. The van der Waals surface area contributed by atoms with Crippen LogP contribution >= 0.6 is 15.9 Å². The average Bonchev–Trinajstić information content (AvgIpc) is 3.05. The van der Waals surface area contributed by atoms with Crippen LogP contribution < -0.4 is 0 Å². The third-order valence-electron chi connectivity index (χ3n) is 7.78. The van der Waals surface area contributed by atoms with E-state index in [2.05, 4.69) is 68.9 Å². The first-order valence-electron chi connectivity index (χ1n) is 13.1. The van der Waals surface area contributed by atoms with Crippen LogP contribution in [0.1, 0.15) is 91.9 Å². The molecule has 0 aliphatic heterocycles. The smallest absolute Gasteiger partial charge is 0.192 e. The fraction of sp³-hybridized carbons (Fsp3) is 0.926. The van der Waals surface area contributed by atoms with E-state index in [1.165, 1.54) is 51.4 Å². The summed E-state index contributed by atoms with van der Waals surface area (Å²) in [6.07, 6.45) is 17.7. The molecule has 0 N–H and O–H groups in total. The first-order chi connectivity index (χ1) is 15.1. The molecule has 0 bridgehead atoms. The molecule has 0 saturated heterocycles. The Morgan fingerprint density at radius 3 is 2.25 bits per heavy atom. The van der Waals surface area contributed by atoms with Crippen molar-refractivity contribution in [2.24, 2.45) is 11.8 Å². The molecule has 3 nitrogen and oxygen atoms in total. The molecule has 190 valence electrons. The quantitative estimate of drug-likeness (QED) is 0.0861. The standard InChI is InChI=1S/C27H53BrO3Si/c1-9-10-13-16-22(29-5)18-19-24-23(17-14-11-12-15-20-28)26(21-25(24)30-6)31-32(7,8)27(2,3)4/h18-19,22-26H,9-17,20-21H2,1-8H3/t22-,23+,24+,25+,26-/m0/s1. The minimum absolute atomic E-state index is 0.207. The van der Waals surface area contributed by atoms with E-state index in [0.717, 1.165) is 18.2 Å². The highest BCUT2D eigenvalue weighted by Crippen LogP contribution is 2.45.